The lowest BCUT2D eigenvalue weighted by atomic mass is 10.1. The van der Waals surface area contributed by atoms with Gasteiger partial charge in [-0.2, -0.15) is 5.10 Å². The molecule has 0 fully saturated rings. The highest BCUT2D eigenvalue weighted by molar-refractivity contribution is 9.10. The monoisotopic (exact) mass is 454 g/mol. The van der Waals surface area contributed by atoms with Crippen LogP contribution in [0.15, 0.2) is 50.4 Å². The Morgan fingerprint density at radius 3 is 2.62 bits per heavy atom. The molecule has 126 valence electrons. The van der Waals surface area contributed by atoms with Crippen molar-refractivity contribution >= 4 is 44.0 Å². The van der Waals surface area contributed by atoms with E-state index in [0.717, 1.165) is 14.5 Å². The number of benzene rings is 2. The zero-order valence-corrected chi connectivity index (χ0v) is 16.1. The molecule has 2 aromatic rings. The first-order valence-corrected chi connectivity index (χ1v) is 8.80. The van der Waals surface area contributed by atoms with Gasteiger partial charge in [0, 0.05) is 14.5 Å². The number of nitrogens with zero attached hydrogens (tertiary/aromatic N) is 1. The molecule has 2 aromatic carbocycles. The second-order valence-corrected chi connectivity index (χ2v) is 6.70. The van der Waals surface area contributed by atoms with Gasteiger partial charge < -0.3 is 9.84 Å². The summed E-state index contributed by atoms with van der Waals surface area (Å²) in [7, 11) is 0. The minimum atomic E-state index is -0.243. The number of phenolic OH excluding ortho intramolecular Hbond substituents is 1. The van der Waals surface area contributed by atoms with Crippen LogP contribution in [-0.2, 0) is 11.2 Å². The van der Waals surface area contributed by atoms with Gasteiger partial charge in [0.1, 0.15) is 0 Å². The number of phenols is 1. The van der Waals surface area contributed by atoms with Gasteiger partial charge in [-0.25, -0.2) is 5.43 Å². The van der Waals surface area contributed by atoms with Crippen LogP contribution in [0, 0.1) is 0 Å². The van der Waals surface area contributed by atoms with Crippen molar-refractivity contribution in [3.05, 3.63) is 56.5 Å². The molecular weight excluding hydrogens is 440 g/mol. The highest BCUT2D eigenvalue weighted by Crippen LogP contribution is 2.32. The summed E-state index contributed by atoms with van der Waals surface area (Å²) in [6, 6.07) is 10.8. The van der Waals surface area contributed by atoms with Gasteiger partial charge in [0.05, 0.1) is 19.2 Å². The Balaban J connectivity index is 2.00. The lowest BCUT2D eigenvalue weighted by Gasteiger charge is -2.08. The summed E-state index contributed by atoms with van der Waals surface area (Å²) in [5, 5.41) is 14.0. The van der Waals surface area contributed by atoms with Crippen LogP contribution >= 0.6 is 31.9 Å². The molecule has 0 aliphatic rings. The third kappa shape index (κ3) is 5.35. The van der Waals surface area contributed by atoms with Crippen LogP contribution in [0.4, 0.5) is 0 Å². The molecule has 7 heteroatoms. The van der Waals surface area contributed by atoms with Crippen LogP contribution in [0.25, 0.3) is 0 Å². The number of nitrogens with one attached hydrogen (secondary N) is 1. The van der Waals surface area contributed by atoms with Crippen LogP contribution in [-0.4, -0.2) is 23.8 Å². The molecule has 0 radical (unpaired) electrons. The van der Waals surface area contributed by atoms with Gasteiger partial charge in [-0.15, -0.1) is 0 Å². The topological polar surface area (TPSA) is 70.9 Å². The average Bonchev–Trinajstić information content (AvgIpc) is 2.54. The van der Waals surface area contributed by atoms with E-state index in [1.165, 1.54) is 6.21 Å². The Labute approximate surface area is 157 Å². The number of halogens is 2. The van der Waals surface area contributed by atoms with E-state index in [4.69, 9.17) is 4.74 Å². The van der Waals surface area contributed by atoms with Gasteiger partial charge in [-0.1, -0.05) is 44.0 Å². The van der Waals surface area contributed by atoms with Crippen LogP contribution in [0.1, 0.15) is 18.1 Å². The maximum Gasteiger partial charge on any atom is 0.244 e. The number of hydrogen-bond acceptors (Lipinski definition) is 4. The lowest BCUT2D eigenvalue weighted by Crippen LogP contribution is -2.19. The van der Waals surface area contributed by atoms with Gasteiger partial charge in [0.2, 0.25) is 5.91 Å². The molecule has 0 heterocycles. The zero-order valence-electron chi connectivity index (χ0n) is 12.9. The maximum absolute atomic E-state index is 11.9. The number of carbonyl (C=O) groups excluding carboxylic acids is 1. The molecule has 0 unspecified atom stereocenters. The first kappa shape index (κ1) is 18.5. The lowest BCUT2D eigenvalue weighted by molar-refractivity contribution is -0.120. The fourth-order valence-electron chi connectivity index (χ4n) is 1.96. The van der Waals surface area contributed by atoms with E-state index < -0.39 is 0 Å². The summed E-state index contributed by atoms with van der Waals surface area (Å²) in [6.07, 6.45) is 1.60. The molecule has 2 N–H and O–H groups in total. The van der Waals surface area contributed by atoms with Crippen molar-refractivity contribution in [3.63, 3.8) is 0 Å². The van der Waals surface area contributed by atoms with E-state index in [2.05, 4.69) is 42.4 Å². The molecule has 1 amide bonds. The predicted molar refractivity (Wildman–Crippen MR) is 101 cm³/mol. The molecular formula is C17H16Br2N2O3. The summed E-state index contributed by atoms with van der Waals surface area (Å²) in [4.78, 5) is 11.9. The van der Waals surface area contributed by atoms with Crippen molar-refractivity contribution in [2.45, 2.75) is 13.3 Å². The van der Waals surface area contributed by atoms with Crippen LogP contribution in [0.3, 0.4) is 0 Å². The smallest absolute Gasteiger partial charge is 0.244 e. The predicted octanol–water partition coefficient (Wildman–Crippen LogP) is 4.01. The first-order valence-electron chi connectivity index (χ1n) is 7.21. The largest absolute Gasteiger partial charge is 0.504 e. The molecule has 2 rings (SSSR count). The van der Waals surface area contributed by atoms with E-state index in [9.17, 15) is 9.90 Å². The van der Waals surface area contributed by atoms with E-state index >= 15 is 0 Å². The third-order valence-electron chi connectivity index (χ3n) is 3.04. The van der Waals surface area contributed by atoms with E-state index in [1.807, 2.05) is 31.2 Å². The molecule has 0 saturated carbocycles. The normalized spacial score (nSPS) is 10.8. The van der Waals surface area contributed by atoms with Crippen LogP contribution in [0.2, 0.25) is 0 Å². The van der Waals surface area contributed by atoms with Gasteiger partial charge >= 0.3 is 0 Å². The number of carbonyl (C=O) groups is 1. The zero-order chi connectivity index (χ0) is 17.5. The van der Waals surface area contributed by atoms with Gasteiger partial charge in [0.25, 0.3) is 0 Å². The van der Waals surface area contributed by atoms with E-state index in [-0.39, 0.29) is 18.1 Å². The third-order valence-corrected chi connectivity index (χ3v) is 4.03. The summed E-state index contributed by atoms with van der Waals surface area (Å²) in [5.74, 6) is 0.0913. The van der Waals surface area contributed by atoms with Crippen molar-refractivity contribution in [2.24, 2.45) is 5.10 Å². The second kappa shape index (κ2) is 8.84. The van der Waals surface area contributed by atoms with E-state index in [0.29, 0.717) is 17.9 Å². The minimum Gasteiger partial charge on any atom is -0.504 e. The number of ether oxygens (including phenoxy) is 1. The van der Waals surface area contributed by atoms with Gasteiger partial charge in [-0.3, -0.25) is 4.79 Å². The number of hydrogen-bond donors (Lipinski definition) is 2. The number of hydrazone groups is 1. The second-order valence-electron chi connectivity index (χ2n) is 4.87. The summed E-state index contributed by atoms with van der Waals surface area (Å²) >= 11 is 6.69. The summed E-state index contributed by atoms with van der Waals surface area (Å²) in [5.41, 5.74) is 3.77. The van der Waals surface area contributed by atoms with Crippen LogP contribution < -0.4 is 10.2 Å². The standard InChI is InChI=1S/C17H16Br2N2O3/c1-2-24-15-9-14(19)8-12(17(15)23)10-20-21-16(22)7-11-3-5-13(18)6-4-11/h3-6,8-10,23H,2,7H2,1H3,(H,21,22)/b20-10+. The number of amides is 1. The van der Waals surface area contributed by atoms with Crippen molar-refractivity contribution in [1.82, 2.24) is 5.43 Å². The molecule has 0 atom stereocenters. The first-order chi connectivity index (χ1) is 11.5. The highest BCUT2D eigenvalue weighted by atomic mass is 79.9. The molecule has 0 aromatic heterocycles. The number of rotatable bonds is 6. The Kier molecular flexibility index (Phi) is 6.81. The summed E-state index contributed by atoms with van der Waals surface area (Å²) in [6.45, 7) is 2.26. The molecule has 5 nitrogen and oxygen atoms in total. The maximum atomic E-state index is 11.9. The Morgan fingerprint density at radius 2 is 1.96 bits per heavy atom. The van der Waals surface area contributed by atoms with Crippen molar-refractivity contribution in [3.8, 4) is 11.5 Å². The fourth-order valence-corrected chi connectivity index (χ4v) is 2.68. The van der Waals surface area contributed by atoms with Gasteiger partial charge in [0.15, 0.2) is 11.5 Å². The van der Waals surface area contributed by atoms with E-state index in [1.54, 1.807) is 12.1 Å². The van der Waals surface area contributed by atoms with Crippen LogP contribution in [0.5, 0.6) is 11.5 Å². The summed E-state index contributed by atoms with van der Waals surface area (Å²) < 4.78 is 7.04. The van der Waals surface area contributed by atoms with Gasteiger partial charge in [-0.05, 0) is 36.8 Å². The molecule has 0 bridgehead atoms. The Hall–Kier alpha value is -1.86. The molecule has 0 saturated heterocycles. The quantitative estimate of drug-likeness (QED) is 0.510. The fraction of sp³-hybridized carbons (Fsp3) is 0.176. The van der Waals surface area contributed by atoms with Crippen molar-refractivity contribution in [2.75, 3.05) is 6.61 Å². The van der Waals surface area contributed by atoms with Crippen molar-refractivity contribution < 1.29 is 14.6 Å². The molecule has 0 aliphatic carbocycles. The highest BCUT2D eigenvalue weighted by Gasteiger charge is 2.09. The van der Waals surface area contributed by atoms with Crippen molar-refractivity contribution in [1.29, 1.82) is 0 Å². The minimum absolute atomic E-state index is 0.0223. The molecule has 0 aliphatic heterocycles. The molecule has 24 heavy (non-hydrogen) atoms. The Bertz CT molecular complexity index is 746. The SMILES string of the molecule is CCOc1cc(Br)cc(/C=N/NC(=O)Cc2ccc(Br)cc2)c1O. The average molecular weight is 456 g/mol. The Morgan fingerprint density at radius 1 is 1.25 bits per heavy atom. The number of aromatic hydroxyl groups is 1. The molecule has 0 spiro atoms.